The zero-order chi connectivity index (χ0) is 17.6. The Bertz CT molecular complexity index is 610. The van der Waals surface area contributed by atoms with Crippen molar-refractivity contribution in [2.24, 2.45) is 0 Å². The number of phenols is 2. The quantitative estimate of drug-likeness (QED) is 0.724. The number of aromatic hydroxyl groups is 2. The van der Waals surface area contributed by atoms with E-state index in [2.05, 4.69) is 53.7 Å². The van der Waals surface area contributed by atoms with E-state index in [1.165, 1.54) is 5.56 Å². The molecule has 2 N–H and O–H groups in total. The number of hydrogen-bond acceptors (Lipinski definition) is 2. The molecule has 0 amide bonds. The van der Waals surface area contributed by atoms with E-state index in [9.17, 15) is 5.11 Å². The van der Waals surface area contributed by atoms with E-state index >= 15 is 0 Å². The zero-order valence-corrected chi connectivity index (χ0v) is 15.2. The predicted octanol–water partition coefficient (Wildman–Crippen LogP) is 5.90. The summed E-state index contributed by atoms with van der Waals surface area (Å²) in [7, 11) is 0. The standard InChI is InChI=1S/C15H24O.C6H6O/c1-7-11(3)12-8-10(2)9-13(14(12)16)15(4,5)6;7-6-4-2-1-3-5-6/h8-9,11,16H,7H2,1-6H3;1-5,7H. The van der Waals surface area contributed by atoms with Crippen LogP contribution in [0.2, 0.25) is 0 Å². The van der Waals surface area contributed by atoms with Gasteiger partial charge < -0.3 is 10.2 Å². The third kappa shape index (κ3) is 5.63. The fourth-order valence-corrected chi connectivity index (χ4v) is 2.40. The maximum absolute atomic E-state index is 10.4. The monoisotopic (exact) mass is 314 g/mol. The maximum Gasteiger partial charge on any atom is 0.122 e. The summed E-state index contributed by atoms with van der Waals surface area (Å²) in [6.07, 6.45) is 1.06. The Morgan fingerprint density at radius 1 is 1.00 bits per heavy atom. The molecule has 2 nitrogen and oxygen atoms in total. The van der Waals surface area contributed by atoms with Crippen LogP contribution in [0, 0.1) is 6.92 Å². The molecule has 0 radical (unpaired) electrons. The molecule has 1 atom stereocenters. The molecule has 0 saturated heterocycles. The van der Waals surface area contributed by atoms with Crippen LogP contribution in [-0.4, -0.2) is 10.2 Å². The van der Waals surface area contributed by atoms with E-state index in [1.54, 1.807) is 24.3 Å². The van der Waals surface area contributed by atoms with Crippen LogP contribution >= 0.6 is 0 Å². The smallest absolute Gasteiger partial charge is 0.122 e. The van der Waals surface area contributed by atoms with Crippen molar-refractivity contribution in [3.8, 4) is 11.5 Å². The van der Waals surface area contributed by atoms with Gasteiger partial charge in [0, 0.05) is 0 Å². The molecule has 0 aromatic heterocycles. The van der Waals surface area contributed by atoms with E-state index in [-0.39, 0.29) is 5.41 Å². The van der Waals surface area contributed by atoms with Gasteiger partial charge in [0.05, 0.1) is 0 Å². The van der Waals surface area contributed by atoms with Gasteiger partial charge in [-0.05, 0) is 47.9 Å². The van der Waals surface area contributed by atoms with Crippen LogP contribution in [0.4, 0.5) is 0 Å². The molecule has 2 rings (SSSR count). The summed E-state index contributed by atoms with van der Waals surface area (Å²) in [5.74, 6) is 1.23. The molecule has 0 saturated carbocycles. The van der Waals surface area contributed by atoms with E-state index in [1.807, 2.05) is 6.07 Å². The van der Waals surface area contributed by atoms with Crippen LogP contribution in [0.25, 0.3) is 0 Å². The summed E-state index contributed by atoms with van der Waals surface area (Å²) in [5.41, 5.74) is 3.38. The van der Waals surface area contributed by atoms with Gasteiger partial charge in [-0.15, -0.1) is 0 Å². The Balaban J connectivity index is 0.000000313. The van der Waals surface area contributed by atoms with Crippen LogP contribution in [0.3, 0.4) is 0 Å². The number of hydrogen-bond donors (Lipinski definition) is 2. The minimum atomic E-state index is -0.00167. The highest BCUT2D eigenvalue weighted by Crippen LogP contribution is 2.38. The van der Waals surface area contributed by atoms with E-state index in [0.29, 0.717) is 17.4 Å². The molecule has 1 unspecified atom stereocenters. The second kappa shape index (κ2) is 8.05. The summed E-state index contributed by atoms with van der Waals surface area (Å²) >= 11 is 0. The first kappa shape index (κ1) is 19.1. The molecule has 126 valence electrons. The molecule has 2 aromatic carbocycles. The highest BCUT2D eigenvalue weighted by molar-refractivity contribution is 5.48. The summed E-state index contributed by atoms with van der Waals surface area (Å²) < 4.78 is 0. The first-order valence-corrected chi connectivity index (χ1v) is 8.24. The molecule has 2 aromatic rings. The van der Waals surface area contributed by atoms with Crippen LogP contribution < -0.4 is 0 Å². The summed E-state index contributed by atoms with van der Waals surface area (Å²) in [5, 5.41) is 19.0. The fourth-order valence-electron chi connectivity index (χ4n) is 2.40. The van der Waals surface area contributed by atoms with Crippen molar-refractivity contribution in [1.82, 2.24) is 0 Å². The highest BCUT2D eigenvalue weighted by Gasteiger charge is 2.22. The van der Waals surface area contributed by atoms with Gasteiger partial charge in [-0.25, -0.2) is 0 Å². The van der Waals surface area contributed by atoms with E-state index in [4.69, 9.17) is 5.11 Å². The molecule has 0 aliphatic carbocycles. The lowest BCUT2D eigenvalue weighted by Crippen LogP contribution is -2.13. The normalized spacial score (nSPS) is 12.3. The second-order valence-corrected chi connectivity index (χ2v) is 7.15. The Kier molecular flexibility index (Phi) is 6.68. The average molecular weight is 314 g/mol. The molecule has 2 heteroatoms. The van der Waals surface area contributed by atoms with Gasteiger partial charge in [-0.3, -0.25) is 0 Å². The third-order valence-electron chi connectivity index (χ3n) is 3.99. The number of aryl methyl sites for hydroxylation is 1. The van der Waals surface area contributed by atoms with E-state index < -0.39 is 0 Å². The van der Waals surface area contributed by atoms with Crippen molar-refractivity contribution in [3.63, 3.8) is 0 Å². The van der Waals surface area contributed by atoms with Gasteiger partial charge in [-0.2, -0.15) is 0 Å². The first-order valence-electron chi connectivity index (χ1n) is 8.24. The van der Waals surface area contributed by atoms with E-state index in [0.717, 1.165) is 17.5 Å². The number of rotatable bonds is 2. The lowest BCUT2D eigenvalue weighted by Gasteiger charge is -2.24. The lowest BCUT2D eigenvalue weighted by molar-refractivity contribution is 0.435. The predicted molar refractivity (Wildman–Crippen MR) is 98.4 cm³/mol. The summed E-state index contributed by atoms with van der Waals surface area (Å²) in [4.78, 5) is 0. The first-order chi connectivity index (χ1) is 10.7. The SMILES string of the molecule is CCC(C)c1cc(C)cc(C(C)(C)C)c1O.Oc1ccccc1. The molecule has 23 heavy (non-hydrogen) atoms. The Labute approximate surface area is 140 Å². The highest BCUT2D eigenvalue weighted by atomic mass is 16.3. The van der Waals surface area contributed by atoms with Crippen molar-refractivity contribution < 1.29 is 10.2 Å². The van der Waals surface area contributed by atoms with Crippen LogP contribution in [0.1, 0.15) is 63.6 Å². The van der Waals surface area contributed by atoms with Gasteiger partial charge in [0.1, 0.15) is 11.5 Å². The van der Waals surface area contributed by atoms with Gasteiger partial charge in [-0.1, -0.05) is 70.5 Å². The minimum Gasteiger partial charge on any atom is -0.508 e. The minimum absolute atomic E-state index is 0.00167. The maximum atomic E-state index is 10.4. The van der Waals surface area contributed by atoms with Crippen molar-refractivity contribution in [3.05, 3.63) is 59.2 Å². The third-order valence-corrected chi connectivity index (χ3v) is 3.99. The van der Waals surface area contributed by atoms with Crippen LogP contribution in [0.15, 0.2) is 42.5 Å². The molecule has 0 spiro atoms. The molecular weight excluding hydrogens is 284 g/mol. The summed E-state index contributed by atoms with van der Waals surface area (Å²) in [6, 6.07) is 12.9. The van der Waals surface area contributed by atoms with Gasteiger partial charge in [0.15, 0.2) is 0 Å². The Hall–Kier alpha value is -1.96. The average Bonchev–Trinajstić information content (AvgIpc) is 2.49. The number of para-hydroxylation sites is 1. The van der Waals surface area contributed by atoms with Crippen molar-refractivity contribution in [2.75, 3.05) is 0 Å². The topological polar surface area (TPSA) is 40.5 Å². The van der Waals surface area contributed by atoms with Gasteiger partial charge >= 0.3 is 0 Å². The molecule has 0 bridgehead atoms. The van der Waals surface area contributed by atoms with Crippen molar-refractivity contribution in [2.45, 2.75) is 59.3 Å². The summed E-state index contributed by atoms with van der Waals surface area (Å²) in [6.45, 7) is 12.8. The van der Waals surface area contributed by atoms with Gasteiger partial charge in [0.25, 0.3) is 0 Å². The molecule has 0 aliphatic rings. The fraction of sp³-hybridized carbons (Fsp3) is 0.429. The molecule has 0 heterocycles. The molecule has 0 fully saturated rings. The molecular formula is C21H30O2. The largest absolute Gasteiger partial charge is 0.508 e. The number of phenolic OH excluding ortho intramolecular Hbond substituents is 2. The van der Waals surface area contributed by atoms with Crippen molar-refractivity contribution >= 4 is 0 Å². The zero-order valence-electron chi connectivity index (χ0n) is 15.2. The Morgan fingerprint density at radius 3 is 1.96 bits per heavy atom. The number of benzene rings is 2. The molecule has 0 aliphatic heterocycles. The Morgan fingerprint density at radius 2 is 1.57 bits per heavy atom. The van der Waals surface area contributed by atoms with Gasteiger partial charge in [0.2, 0.25) is 0 Å². The lowest BCUT2D eigenvalue weighted by atomic mass is 9.82. The van der Waals surface area contributed by atoms with Crippen LogP contribution in [0.5, 0.6) is 11.5 Å². The second-order valence-electron chi connectivity index (χ2n) is 7.15. The van der Waals surface area contributed by atoms with Crippen molar-refractivity contribution in [1.29, 1.82) is 0 Å². The van der Waals surface area contributed by atoms with Crippen LogP contribution in [-0.2, 0) is 5.41 Å².